The molecule has 1 heterocycles. The standard InChI is InChI=1S/C16H17N3O/c1-3-20-12-6-7-14-15(9-12)19-16(18-14)11-5-4-10(2)13(17)8-11/h4-9H,3,17H2,1-2H3,(H,18,19). The van der Waals surface area contributed by atoms with Crippen molar-refractivity contribution < 1.29 is 4.74 Å². The van der Waals surface area contributed by atoms with Gasteiger partial charge in [-0.2, -0.15) is 0 Å². The Labute approximate surface area is 117 Å². The van der Waals surface area contributed by atoms with E-state index in [1.165, 1.54) is 0 Å². The molecular formula is C16H17N3O. The summed E-state index contributed by atoms with van der Waals surface area (Å²) in [7, 11) is 0. The number of ether oxygens (including phenoxy) is 1. The first kappa shape index (κ1) is 12.5. The molecule has 3 rings (SSSR count). The Morgan fingerprint density at radius 2 is 2.05 bits per heavy atom. The van der Waals surface area contributed by atoms with Gasteiger partial charge in [-0.3, -0.25) is 0 Å². The van der Waals surface area contributed by atoms with E-state index in [9.17, 15) is 0 Å². The van der Waals surface area contributed by atoms with Gasteiger partial charge in [0.15, 0.2) is 0 Å². The second-order valence-corrected chi connectivity index (χ2v) is 4.77. The zero-order valence-electron chi connectivity index (χ0n) is 11.6. The Balaban J connectivity index is 2.05. The van der Waals surface area contributed by atoms with E-state index >= 15 is 0 Å². The topological polar surface area (TPSA) is 63.9 Å². The number of nitrogens with zero attached hydrogens (tertiary/aromatic N) is 1. The maximum absolute atomic E-state index is 5.95. The second kappa shape index (κ2) is 4.89. The van der Waals surface area contributed by atoms with Crippen molar-refractivity contribution in [1.82, 2.24) is 9.97 Å². The lowest BCUT2D eigenvalue weighted by molar-refractivity contribution is 0.340. The zero-order valence-corrected chi connectivity index (χ0v) is 11.6. The molecule has 0 atom stereocenters. The number of H-pyrrole nitrogens is 1. The van der Waals surface area contributed by atoms with E-state index in [-0.39, 0.29) is 0 Å². The smallest absolute Gasteiger partial charge is 0.138 e. The minimum atomic E-state index is 0.654. The van der Waals surface area contributed by atoms with Crippen molar-refractivity contribution in [2.24, 2.45) is 0 Å². The number of anilines is 1. The normalized spacial score (nSPS) is 10.9. The summed E-state index contributed by atoms with van der Waals surface area (Å²) in [6.07, 6.45) is 0. The molecule has 3 N–H and O–H groups in total. The van der Waals surface area contributed by atoms with Gasteiger partial charge >= 0.3 is 0 Å². The van der Waals surface area contributed by atoms with Crippen molar-refractivity contribution in [1.29, 1.82) is 0 Å². The van der Waals surface area contributed by atoms with Gasteiger partial charge in [0.2, 0.25) is 0 Å². The molecule has 4 nitrogen and oxygen atoms in total. The van der Waals surface area contributed by atoms with Gasteiger partial charge in [-0.05, 0) is 37.6 Å². The average Bonchev–Trinajstić information content (AvgIpc) is 2.85. The number of aryl methyl sites for hydroxylation is 1. The van der Waals surface area contributed by atoms with Crippen molar-refractivity contribution in [2.75, 3.05) is 12.3 Å². The Kier molecular flexibility index (Phi) is 3.06. The first-order chi connectivity index (χ1) is 9.67. The minimum absolute atomic E-state index is 0.654. The summed E-state index contributed by atoms with van der Waals surface area (Å²) in [5.74, 6) is 1.67. The van der Waals surface area contributed by atoms with E-state index in [0.29, 0.717) is 6.61 Å². The fourth-order valence-corrected chi connectivity index (χ4v) is 2.17. The third-order valence-electron chi connectivity index (χ3n) is 3.32. The molecule has 0 saturated carbocycles. The van der Waals surface area contributed by atoms with Crippen LogP contribution in [-0.2, 0) is 0 Å². The quantitative estimate of drug-likeness (QED) is 0.714. The molecule has 0 bridgehead atoms. The summed E-state index contributed by atoms with van der Waals surface area (Å²) in [6, 6.07) is 11.8. The van der Waals surface area contributed by atoms with E-state index in [4.69, 9.17) is 10.5 Å². The van der Waals surface area contributed by atoms with Gasteiger partial charge < -0.3 is 15.5 Å². The summed E-state index contributed by atoms with van der Waals surface area (Å²) in [6.45, 7) is 4.62. The van der Waals surface area contributed by atoms with Gasteiger partial charge in [0.05, 0.1) is 17.6 Å². The second-order valence-electron chi connectivity index (χ2n) is 4.77. The summed E-state index contributed by atoms with van der Waals surface area (Å²) < 4.78 is 5.50. The first-order valence-corrected chi connectivity index (χ1v) is 6.66. The van der Waals surface area contributed by atoms with Crippen LogP contribution in [0.3, 0.4) is 0 Å². The van der Waals surface area contributed by atoms with E-state index in [1.54, 1.807) is 0 Å². The van der Waals surface area contributed by atoms with Crippen LogP contribution in [-0.4, -0.2) is 16.6 Å². The monoisotopic (exact) mass is 267 g/mol. The summed E-state index contributed by atoms with van der Waals surface area (Å²) in [5, 5.41) is 0. The lowest BCUT2D eigenvalue weighted by Crippen LogP contribution is -1.90. The number of hydrogen-bond acceptors (Lipinski definition) is 3. The molecule has 102 valence electrons. The lowest BCUT2D eigenvalue weighted by atomic mass is 10.1. The molecule has 4 heteroatoms. The fourth-order valence-electron chi connectivity index (χ4n) is 2.17. The average molecular weight is 267 g/mol. The van der Waals surface area contributed by atoms with Crippen LogP contribution in [0.4, 0.5) is 5.69 Å². The van der Waals surface area contributed by atoms with E-state index < -0.39 is 0 Å². The summed E-state index contributed by atoms with van der Waals surface area (Å²) >= 11 is 0. The SMILES string of the molecule is CCOc1ccc2nc(-c3ccc(C)c(N)c3)[nH]c2c1. The lowest BCUT2D eigenvalue weighted by Gasteiger charge is -2.02. The molecule has 0 aliphatic carbocycles. The van der Waals surface area contributed by atoms with Crippen LogP contribution >= 0.6 is 0 Å². The molecule has 2 aromatic carbocycles. The molecule has 0 aliphatic rings. The number of nitrogens with two attached hydrogens (primary N) is 1. The largest absolute Gasteiger partial charge is 0.494 e. The third-order valence-corrected chi connectivity index (χ3v) is 3.32. The number of aromatic amines is 1. The number of benzene rings is 2. The molecule has 20 heavy (non-hydrogen) atoms. The van der Waals surface area contributed by atoms with Crippen molar-refractivity contribution in [3.8, 4) is 17.1 Å². The third kappa shape index (κ3) is 2.20. The van der Waals surface area contributed by atoms with Gasteiger partial charge in [0.25, 0.3) is 0 Å². The van der Waals surface area contributed by atoms with Crippen molar-refractivity contribution in [3.63, 3.8) is 0 Å². The maximum atomic E-state index is 5.95. The van der Waals surface area contributed by atoms with Crippen LogP contribution in [0.2, 0.25) is 0 Å². The number of imidazole rings is 1. The highest BCUT2D eigenvalue weighted by atomic mass is 16.5. The summed E-state index contributed by atoms with van der Waals surface area (Å²) in [5.41, 5.74) is 10.7. The number of nitrogen functional groups attached to an aromatic ring is 1. The van der Waals surface area contributed by atoms with Crippen molar-refractivity contribution in [2.45, 2.75) is 13.8 Å². The molecule has 0 radical (unpaired) electrons. The van der Waals surface area contributed by atoms with Gasteiger partial charge in [-0.25, -0.2) is 4.98 Å². The van der Waals surface area contributed by atoms with Gasteiger partial charge in [-0.15, -0.1) is 0 Å². The van der Waals surface area contributed by atoms with Gasteiger partial charge in [-0.1, -0.05) is 12.1 Å². The van der Waals surface area contributed by atoms with Crippen molar-refractivity contribution >= 4 is 16.7 Å². The minimum Gasteiger partial charge on any atom is -0.494 e. The van der Waals surface area contributed by atoms with Crippen LogP contribution in [0.5, 0.6) is 5.75 Å². The maximum Gasteiger partial charge on any atom is 0.138 e. The molecule has 0 fully saturated rings. The molecular weight excluding hydrogens is 250 g/mol. The zero-order chi connectivity index (χ0) is 14.1. The molecule has 0 unspecified atom stereocenters. The van der Waals surface area contributed by atoms with E-state index in [2.05, 4.69) is 9.97 Å². The molecule has 0 amide bonds. The Morgan fingerprint density at radius 3 is 2.80 bits per heavy atom. The number of aromatic nitrogens is 2. The Morgan fingerprint density at radius 1 is 1.20 bits per heavy atom. The van der Waals surface area contributed by atoms with E-state index in [1.807, 2.05) is 50.2 Å². The molecule has 3 aromatic rings. The molecule has 1 aromatic heterocycles. The van der Waals surface area contributed by atoms with Gasteiger partial charge in [0, 0.05) is 17.3 Å². The highest BCUT2D eigenvalue weighted by Gasteiger charge is 2.07. The number of fused-ring (bicyclic) bond motifs is 1. The Bertz CT molecular complexity index is 762. The summed E-state index contributed by atoms with van der Waals surface area (Å²) in [4.78, 5) is 7.90. The van der Waals surface area contributed by atoms with Crippen molar-refractivity contribution in [3.05, 3.63) is 42.0 Å². The predicted octanol–water partition coefficient (Wildman–Crippen LogP) is 3.52. The number of nitrogens with one attached hydrogen (secondary N) is 1. The van der Waals surface area contributed by atoms with Crippen LogP contribution in [0.25, 0.3) is 22.4 Å². The van der Waals surface area contributed by atoms with Crippen LogP contribution in [0, 0.1) is 6.92 Å². The Hall–Kier alpha value is -2.49. The van der Waals surface area contributed by atoms with Crippen LogP contribution in [0.15, 0.2) is 36.4 Å². The van der Waals surface area contributed by atoms with Crippen LogP contribution < -0.4 is 10.5 Å². The molecule has 0 aliphatic heterocycles. The predicted molar refractivity (Wildman–Crippen MR) is 81.8 cm³/mol. The van der Waals surface area contributed by atoms with Crippen LogP contribution in [0.1, 0.15) is 12.5 Å². The highest BCUT2D eigenvalue weighted by molar-refractivity contribution is 5.81. The highest BCUT2D eigenvalue weighted by Crippen LogP contribution is 2.25. The molecule has 0 saturated heterocycles. The molecule has 0 spiro atoms. The van der Waals surface area contributed by atoms with E-state index in [0.717, 1.165) is 39.4 Å². The first-order valence-electron chi connectivity index (χ1n) is 6.66. The van der Waals surface area contributed by atoms with Gasteiger partial charge in [0.1, 0.15) is 11.6 Å². The number of rotatable bonds is 3. The number of hydrogen-bond donors (Lipinski definition) is 2. The fraction of sp³-hybridized carbons (Fsp3) is 0.188.